The number of carbonyl (C=O) groups is 3. The average molecular weight is 293 g/mol. The first kappa shape index (κ1) is 15.0. The predicted octanol–water partition coefficient (Wildman–Crippen LogP) is 0.272. The number of carbonyl (C=O) groups excluding carboxylic acids is 2. The monoisotopic (exact) mass is 293 g/mol. The van der Waals surface area contributed by atoms with Gasteiger partial charge in [-0.2, -0.15) is 0 Å². The molecule has 112 valence electrons. The van der Waals surface area contributed by atoms with Gasteiger partial charge in [0.15, 0.2) is 0 Å². The summed E-state index contributed by atoms with van der Waals surface area (Å²) >= 11 is 0. The minimum absolute atomic E-state index is 0.0171. The molecule has 0 aliphatic carbocycles. The van der Waals surface area contributed by atoms with Crippen LogP contribution in [0.2, 0.25) is 0 Å². The number of aliphatic hydroxyl groups excluding tert-OH is 1. The lowest BCUT2D eigenvalue weighted by atomic mass is 10.1. The molecule has 0 bridgehead atoms. The number of ether oxygens (including phenoxy) is 1. The van der Waals surface area contributed by atoms with Gasteiger partial charge >= 0.3 is 11.9 Å². The first-order valence-electron chi connectivity index (χ1n) is 6.39. The van der Waals surface area contributed by atoms with E-state index in [1.807, 2.05) is 0 Å². The fraction of sp³-hybridized carbons (Fsp3) is 0.357. The fourth-order valence-corrected chi connectivity index (χ4v) is 2.31. The van der Waals surface area contributed by atoms with Gasteiger partial charge in [-0.3, -0.25) is 9.59 Å². The number of para-hydroxylation sites is 1. The Balaban J connectivity index is 2.31. The molecule has 1 amide bonds. The highest BCUT2D eigenvalue weighted by atomic mass is 16.5. The number of carboxylic acids is 1. The maximum absolute atomic E-state index is 12.5. The largest absolute Gasteiger partial charge is 0.480 e. The van der Waals surface area contributed by atoms with E-state index in [4.69, 9.17) is 9.84 Å². The van der Waals surface area contributed by atoms with E-state index >= 15 is 0 Å². The summed E-state index contributed by atoms with van der Waals surface area (Å²) in [6.45, 7) is 1.14. The topological polar surface area (TPSA) is 104 Å². The number of rotatable bonds is 3. The third-order valence-corrected chi connectivity index (χ3v) is 3.20. The zero-order valence-electron chi connectivity index (χ0n) is 11.4. The van der Waals surface area contributed by atoms with Gasteiger partial charge in [0.2, 0.25) is 0 Å². The van der Waals surface area contributed by atoms with E-state index < -0.39 is 30.0 Å². The average Bonchev–Trinajstić information content (AvgIpc) is 2.80. The molecule has 1 fully saturated rings. The van der Waals surface area contributed by atoms with Crippen molar-refractivity contribution in [3.63, 3.8) is 0 Å². The minimum Gasteiger partial charge on any atom is -0.480 e. The van der Waals surface area contributed by atoms with Gasteiger partial charge in [-0.25, -0.2) is 4.79 Å². The molecule has 7 heteroatoms. The van der Waals surface area contributed by atoms with Crippen LogP contribution in [-0.2, 0) is 9.59 Å². The van der Waals surface area contributed by atoms with Crippen molar-refractivity contribution in [1.82, 2.24) is 4.90 Å². The number of likely N-dealkylation sites (tertiary alicyclic amines) is 1. The Hall–Kier alpha value is -2.41. The van der Waals surface area contributed by atoms with Crippen LogP contribution < -0.4 is 4.74 Å². The van der Waals surface area contributed by atoms with Crippen molar-refractivity contribution >= 4 is 17.8 Å². The summed E-state index contributed by atoms with van der Waals surface area (Å²) in [6.07, 6.45) is -0.896. The highest BCUT2D eigenvalue weighted by Crippen LogP contribution is 2.25. The highest BCUT2D eigenvalue weighted by molar-refractivity contribution is 5.99. The molecule has 1 aromatic carbocycles. The number of aliphatic carboxylic acids is 1. The van der Waals surface area contributed by atoms with Crippen molar-refractivity contribution in [3.05, 3.63) is 29.8 Å². The molecule has 1 heterocycles. The number of aliphatic hydroxyl groups is 1. The van der Waals surface area contributed by atoms with Crippen LogP contribution in [0, 0.1) is 0 Å². The quantitative estimate of drug-likeness (QED) is 0.612. The molecule has 0 spiro atoms. The lowest BCUT2D eigenvalue weighted by Crippen LogP contribution is -2.40. The van der Waals surface area contributed by atoms with Crippen LogP contribution in [0.1, 0.15) is 23.7 Å². The lowest BCUT2D eigenvalue weighted by Gasteiger charge is -2.22. The van der Waals surface area contributed by atoms with Crippen molar-refractivity contribution in [2.24, 2.45) is 0 Å². The summed E-state index contributed by atoms with van der Waals surface area (Å²) in [7, 11) is 0. The number of carboxylic acid groups (broad SMARTS) is 1. The van der Waals surface area contributed by atoms with Crippen molar-refractivity contribution in [3.8, 4) is 5.75 Å². The van der Waals surface area contributed by atoms with E-state index in [-0.39, 0.29) is 24.3 Å². The Morgan fingerprint density at radius 2 is 1.95 bits per heavy atom. The third-order valence-electron chi connectivity index (χ3n) is 3.20. The van der Waals surface area contributed by atoms with Crippen LogP contribution in [0.15, 0.2) is 24.3 Å². The molecule has 1 aliphatic rings. The van der Waals surface area contributed by atoms with Crippen LogP contribution in [0.4, 0.5) is 0 Å². The number of esters is 1. The summed E-state index contributed by atoms with van der Waals surface area (Å²) in [6, 6.07) is 5.00. The zero-order valence-corrected chi connectivity index (χ0v) is 11.4. The van der Waals surface area contributed by atoms with Crippen LogP contribution in [0.3, 0.4) is 0 Å². The number of hydrogen-bond acceptors (Lipinski definition) is 5. The van der Waals surface area contributed by atoms with Gasteiger partial charge in [0, 0.05) is 19.9 Å². The first-order valence-corrected chi connectivity index (χ1v) is 6.39. The fourth-order valence-electron chi connectivity index (χ4n) is 2.31. The van der Waals surface area contributed by atoms with Crippen molar-refractivity contribution in [2.75, 3.05) is 6.54 Å². The molecule has 7 nitrogen and oxygen atoms in total. The molecular formula is C14H15NO6. The first-order chi connectivity index (χ1) is 9.90. The molecule has 0 radical (unpaired) electrons. The number of benzene rings is 1. The standard InChI is InChI=1S/C14H15NO6/c1-8(16)21-12-5-3-2-4-10(12)13(18)15-7-9(17)6-11(15)14(19)20/h2-5,9,11,17H,6-7H2,1H3,(H,19,20)/t9?,11-/m0/s1. The number of amides is 1. The summed E-state index contributed by atoms with van der Waals surface area (Å²) in [5.41, 5.74) is 0.0908. The van der Waals surface area contributed by atoms with Crippen molar-refractivity contribution in [1.29, 1.82) is 0 Å². The smallest absolute Gasteiger partial charge is 0.326 e. The van der Waals surface area contributed by atoms with Crippen molar-refractivity contribution in [2.45, 2.75) is 25.5 Å². The number of nitrogens with zero attached hydrogens (tertiary/aromatic N) is 1. The number of hydrogen-bond donors (Lipinski definition) is 2. The Morgan fingerprint density at radius 3 is 2.57 bits per heavy atom. The van der Waals surface area contributed by atoms with Gasteiger partial charge in [0.25, 0.3) is 5.91 Å². The Kier molecular flexibility index (Phi) is 4.23. The van der Waals surface area contributed by atoms with E-state index in [9.17, 15) is 19.5 Å². The van der Waals surface area contributed by atoms with Gasteiger partial charge in [-0.05, 0) is 12.1 Å². The minimum atomic E-state index is -1.18. The number of β-amino-alcohol motifs (C(OH)–C–C–N with tert-alkyl or cyclic N) is 1. The summed E-state index contributed by atoms with van der Waals surface area (Å²) in [5.74, 6) is -2.27. The highest BCUT2D eigenvalue weighted by Gasteiger charge is 2.39. The maximum Gasteiger partial charge on any atom is 0.326 e. The molecule has 2 N–H and O–H groups in total. The summed E-state index contributed by atoms with van der Waals surface area (Å²) in [4.78, 5) is 35.8. The normalized spacial score (nSPS) is 21.1. The molecule has 1 aliphatic heterocycles. The van der Waals surface area contributed by atoms with E-state index in [1.54, 1.807) is 12.1 Å². The molecule has 1 unspecified atom stereocenters. The van der Waals surface area contributed by atoms with E-state index in [0.717, 1.165) is 4.90 Å². The van der Waals surface area contributed by atoms with Crippen molar-refractivity contribution < 1.29 is 29.3 Å². The second-order valence-corrected chi connectivity index (χ2v) is 4.79. The molecule has 1 aromatic rings. The SMILES string of the molecule is CC(=O)Oc1ccccc1C(=O)N1CC(O)C[C@H]1C(=O)O. The molecule has 2 rings (SSSR count). The predicted molar refractivity (Wildman–Crippen MR) is 70.8 cm³/mol. The second-order valence-electron chi connectivity index (χ2n) is 4.79. The van der Waals surface area contributed by atoms with Crippen LogP contribution in [0.5, 0.6) is 5.75 Å². The van der Waals surface area contributed by atoms with Gasteiger partial charge in [0.1, 0.15) is 11.8 Å². The molecule has 21 heavy (non-hydrogen) atoms. The van der Waals surface area contributed by atoms with Crippen LogP contribution in [-0.4, -0.2) is 51.6 Å². The van der Waals surface area contributed by atoms with E-state index in [2.05, 4.69) is 0 Å². The Morgan fingerprint density at radius 1 is 1.29 bits per heavy atom. The van der Waals surface area contributed by atoms with Gasteiger partial charge in [0.05, 0.1) is 11.7 Å². The third kappa shape index (κ3) is 3.19. The lowest BCUT2D eigenvalue weighted by molar-refractivity contribution is -0.141. The maximum atomic E-state index is 12.5. The molecular weight excluding hydrogens is 278 g/mol. The summed E-state index contributed by atoms with van der Waals surface area (Å²) < 4.78 is 4.95. The molecule has 2 atom stereocenters. The van der Waals surface area contributed by atoms with E-state index in [0.29, 0.717) is 0 Å². The molecule has 0 aromatic heterocycles. The molecule has 1 saturated heterocycles. The Bertz CT molecular complexity index is 585. The Labute approximate surface area is 120 Å². The van der Waals surface area contributed by atoms with Gasteiger partial charge < -0.3 is 19.8 Å². The van der Waals surface area contributed by atoms with E-state index in [1.165, 1.54) is 19.1 Å². The second kappa shape index (κ2) is 5.92. The molecule has 0 saturated carbocycles. The van der Waals surface area contributed by atoms with Gasteiger partial charge in [-0.1, -0.05) is 12.1 Å². The van der Waals surface area contributed by atoms with Crippen LogP contribution >= 0.6 is 0 Å². The zero-order chi connectivity index (χ0) is 15.6. The van der Waals surface area contributed by atoms with Crippen LogP contribution in [0.25, 0.3) is 0 Å². The van der Waals surface area contributed by atoms with Gasteiger partial charge in [-0.15, -0.1) is 0 Å². The summed E-state index contributed by atoms with van der Waals surface area (Å²) in [5, 5.41) is 18.7.